The Morgan fingerprint density at radius 3 is 1.61 bits per heavy atom. The first kappa shape index (κ1) is 33.4. The molecule has 4 rings (SSSR count). The molecule has 0 fully saturated rings. The second kappa shape index (κ2) is 16.0. The maximum atomic E-state index is 14.2. The van der Waals surface area contributed by atoms with E-state index in [1.54, 1.807) is 107 Å². The molecule has 0 radical (unpaired) electrons. The summed E-state index contributed by atoms with van der Waals surface area (Å²) in [5.74, 6) is -3.43. The summed E-state index contributed by atoms with van der Waals surface area (Å²) < 4.78 is 23.0. The van der Waals surface area contributed by atoms with Gasteiger partial charge in [0.15, 0.2) is 11.7 Å². The van der Waals surface area contributed by atoms with Crippen molar-refractivity contribution in [2.75, 3.05) is 26.4 Å². The van der Waals surface area contributed by atoms with Gasteiger partial charge in [-0.1, -0.05) is 91.0 Å². The van der Waals surface area contributed by atoms with E-state index in [-0.39, 0.29) is 49.0 Å². The first-order valence-electron chi connectivity index (χ1n) is 15.1. The zero-order valence-electron chi connectivity index (χ0n) is 26.2. The Kier molecular flexibility index (Phi) is 11.6. The molecule has 0 aliphatic rings. The predicted molar refractivity (Wildman–Crippen MR) is 171 cm³/mol. The third kappa shape index (κ3) is 7.23. The fourth-order valence-corrected chi connectivity index (χ4v) is 5.04. The van der Waals surface area contributed by atoms with Gasteiger partial charge in [-0.05, 0) is 38.8 Å². The van der Waals surface area contributed by atoms with Gasteiger partial charge in [0.2, 0.25) is 0 Å². The van der Waals surface area contributed by atoms with E-state index in [0.717, 1.165) is 0 Å². The molecule has 46 heavy (non-hydrogen) atoms. The van der Waals surface area contributed by atoms with Gasteiger partial charge in [0, 0.05) is 11.1 Å². The lowest BCUT2D eigenvalue weighted by molar-refractivity contribution is -0.149. The molecule has 0 aliphatic carbocycles. The van der Waals surface area contributed by atoms with E-state index in [0.29, 0.717) is 22.3 Å². The molecule has 0 saturated carbocycles. The number of hydrogen-bond donors (Lipinski definition) is 0. The van der Waals surface area contributed by atoms with Crippen molar-refractivity contribution in [3.63, 3.8) is 0 Å². The van der Waals surface area contributed by atoms with E-state index in [2.05, 4.69) is 5.10 Å². The Morgan fingerprint density at radius 1 is 0.630 bits per heavy atom. The van der Waals surface area contributed by atoms with Crippen LogP contribution in [0.15, 0.2) is 96.6 Å². The van der Waals surface area contributed by atoms with E-state index < -0.39 is 29.9 Å². The standard InChI is InChI=1S/C36H36N2O8/c1-5-43-33(39)28(27(24-18-12-9-13-19-24)25-20-14-10-15-21-25)32(36(42)46-8-4)38-31(26-22-16-11-17-23-26)29(34(40)44-6-2)30(37-38)35(41)45-7-3/h9-23,32H,5-8H2,1-4H3/t32-/m1/s1. The SMILES string of the molecule is CCOC(=O)C(=C(c1ccccc1)c1ccccc1)[C@H](C(=O)OCC)n1nc(C(=O)OCC)c(C(=O)OCC)c1-c1ccccc1. The van der Waals surface area contributed by atoms with Gasteiger partial charge in [0.1, 0.15) is 5.56 Å². The highest BCUT2D eigenvalue weighted by Crippen LogP contribution is 2.38. The monoisotopic (exact) mass is 624 g/mol. The molecule has 0 unspecified atom stereocenters. The molecule has 0 spiro atoms. The molecule has 238 valence electrons. The van der Waals surface area contributed by atoms with Crippen molar-refractivity contribution in [2.24, 2.45) is 0 Å². The van der Waals surface area contributed by atoms with Crippen LogP contribution in [0.1, 0.15) is 65.7 Å². The van der Waals surface area contributed by atoms with Gasteiger partial charge >= 0.3 is 23.9 Å². The average molecular weight is 625 g/mol. The van der Waals surface area contributed by atoms with Crippen LogP contribution in [0.5, 0.6) is 0 Å². The van der Waals surface area contributed by atoms with Crippen LogP contribution in [0.4, 0.5) is 0 Å². The first-order valence-corrected chi connectivity index (χ1v) is 15.1. The fraction of sp³-hybridized carbons (Fsp3) is 0.250. The zero-order chi connectivity index (χ0) is 33.1. The van der Waals surface area contributed by atoms with Gasteiger partial charge in [0.05, 0.1) is 37.7 Å². The van der Waals surface area contributed by atoms with E-state index in [4.69, 9.17) is 18.9 Å². The number of carbonyl (C=O) groups excluding carboxylic acids is 4. The number of esters is 4. The Balaban J connectivity index is 2.24. The molecule has 10 heteroatoms. The lowest BCUT2D eigenvalue weighted by atomic mass is 9.89. The van der Waals surface area contributed by atoms with Gasteiger partial charge in [-0.15, -0.1) is 0 Å². The lowest BCUT2D eigenvalue weighted by Gasteiger charge is -2.24. The van der Waals surface area contributed by atoms with Gasteiger partial charge in [-0.3, -0.25) is 0 Å². The van der Waals surface area contributed by atoms with Crippen LogP contribution < -0.4 is 0 Å². The summed E-state index contributed by atoms with van der Waals surface area (Å²) in [5, 5.41) is 4.54. The highest BCUT2D eigenvalue weighted by atomic mass is 16.5. The van der Waals surface area contributed by atoms with Crippen molar-refractivity contribution < 1.29 is 38.1 Å². The molecule has 1 aromatic heterocycles. The van der Waals surface area contributed by atoms with Crippen LogP contribution in [-0.4, -0.2) is 60.1 Å². The minimum absolute atomic E-state index is 0.00153. The van der Waals surface area contributed by atoms with E-state index in [1.807, 2.05) is 12.1 Å². The van der Waals surface area contributed by atoms with Crippen molar-refractivity contribution in [3.8, 4) is 11.3 Å². The van der Waals surface area contributed by atoms with E-state index in [9.17, 15) is 19.2 Å². The van der Waals surface area contributed by atoms with Crippen LogP contribution in [0.3, 0.4) is 0 Å². The summed E-state index contributed by atoms with van der Waals surface area (Å²) >= 11 is 0. The molecule has 1 heterocycles. The van der Waals surface area contributed by atoms with Crippen LogP contribution in [0, 0.1) is 0 Å². The highest BCUT2D eigenvalue weighted by molar-refractivity contribution is 6.09. The molecule has 1 atom stereocenters. The Morgan fingerprint density at radius 2 is 1.11 bits per heavy atom. The number of nitrogens with zero attached hydrogens (tertiary/aromatic N) is 2. The summed E-state index contributed by atoms with van der Waals surface area (Å²) in [6.45, 7) is 6.50. The quantitative estimate of drug-likeness (QED) is 0.0990. The second-order valence-electron chi connectivity index (χ2n) is 9.72. The first-order chi connectivity index (χ1) is 22.4. The van der Waals surface area contributed by atoms with Crippen molar-refractivity contribution in [1.82, 2.24) is 9.78 Å². The molecule has 4 aromatic rings. The lowest BCUT2D eigenvalue weighted by Crippen LogP contribution is -2.31. The molecular weight excluding hydrogens is 588 g/mol. The molecule has 3 aromatic carbocycles. The minimum atomic E-state index is -1.62. The molecule has 0 N–H and O–H groups in total. The number of carbonyl (C=O) groups is 4. The maximum Gasteiger partial charge on any atom is 0.359 e. The smallest absolute Gasteiger partial charge is 0.359 e. The minimum Gasteiger partial charge on any atom is -0.464 e. The summed E-state index contributed by atoms with van der Waals surface area (Å²) in [5.41, 5.74) is 1.37. The molecule has 0 amide bonds. The van der Waals surface area contributed by atoms with E-state index >= 15 is 0 Å². The van der Waals surface area contributed by atoms with Crippen molar-refractivity contribution >= 4 is 29.5 Å². The predicted octanol–water partition coefficient (Wildman–Crippen LogP) is 6.07. The number of hydrogen-bond acceptors (Lipinski definition) is 9. The van der Waals surface area contributed by atoms with Gasteiger partial charge < -0.3 is 18.9 Å². The zero-order valence-corrected chi connectivity index (χ0v) is 26.2. The van der Waals surface area contributed by atoms with Crippen LogP contribution >= 0.6 is 0 Å². The Labute approximate surface area is 267 Å². The van der Waals surface area contributed by atoms with E-state index in [1.165, 1.54) is 4.68 Å². The van der Waals surface area contributed by atoms with Crippen LogP contribution in [-0.2, 0) is 28.5 Å². The number of ether oxygens (including phenoxy) is 4. The number of benzene rings is 3. The second-order valence-corrected chi connectivity index (χ2v) is 9.72. The van der Waals surface area contributed by atoms with Crippen molar-refractivity contribution in [3.05, 3.63) is 119 Å². The summed E-state index contributed by atoms with van der Waals surface area (Å²) in [4.78, 5) is 55.3. The van der Waals surface area contributed by atoms with Gasteiger partial charge in [-0.25, -0.2) is 23.9 Å². The summed E-state index contributed by atoms with van der Waals surface area (Å²) in [6, 6.07) is 25.1. The third-order valence-electron chi connectivity index (χ3n) is 6.82. The molecular formula is C36H36N2O8. The van der Waals surface area contributed by atoms with Crippen LogP contribution in [0.2, 0.25) is 0 Å². The van der Waals surface area contributed by atoms with Gasteiger partial charge in [0.25, 0.3) is 0 Å². The molecule has 0 aliphatic heterocycles. The molecule has 10 nitrogen and oxygen atoms in total. The highest BCUT2D eigenvalue weighted by Gasteiger charge is 2.41. The average Bonchev–Trinajstić information content (AvgIpc) is 3.47. The topological polar surface area (TPSA) is 123 Å². The van der Waals surface area contributed by atoms with Crippen molar-refractivity contribution in [1.29, 1.82) is 0 Å². The van der Waals surface area contributed by atoms with Crippen LogP contribution in [0.25, 0.3) is 16.8 Å². The molecule has 0 saturated heterocycles. The summed E-state index contributed by atoms with van der Waals surface area (Å²) in [6.07, 6.45) is 0. The molecule has 0 bridgehead atoms. The van der Waals surface area contributed by atoms with Gasteiger partial charge in [-0.2, -0.15) is 5.10 Å². The van der Waals surface area contributed by atoms with Crippen molar-refractivity contribution in [2.45, 2.75) is 33.7 Å². The normalized spacial score (nSPS) is 11.2. The fourth-order valence-electron chi connectivity index (χ4n) is 5.04. The maximum absolute atomic E-state index is 14.2. The largest absolute Gasteiger partial charge is 0.464 e. The third-order valence-corrected chi connectivity index (χ3v) is 6.82. The summed E-state index contributed by atoms with van der Waals surface area (Å²) in [7, 11) is 0. The Bertz CT molecular complexity index is 1650. The number of aromatic nitrogens is 2. The Hall–Kier alpha value is -5.51. The number of rotatable bonds is 13.